The number of hydrogen-bond donors (Lipinski definition) is 2. The number of hydrogen-bond acceptors (Lipinski definition) is 3. The molecule has 1 heterocycles. The van der Waals surface area contributed by atoms with Gasteiger partial charge in [0.25, 0.3) is 0 Å². The van der Waals surface area contributed by atoms with Crippen molar-refractivity contribution in [3.63, 3.8) is 0 Å². The Labute approximate surface area is 106 Å². The molecule has 1 saturated carbocycles. The number of nitrogens with one attached hydrogen (secondary N) is 1. The van der Waals surface area contributed by atoms with Crippen LogP contribution in [-0.2, 0) is 0 Å². The van der Waals surface area contributed by atoms with Crippen molar-refractivity contribution in [2.75, 3.05) is 13.1 Å². The Morgan fingerprint density at radius 2 is 1.88 bits per heavy atom. The first-order chi connectivity index (χ1) is 8.14. The molecule has 100 valence electrons. The van der Waals surface area contributed by atoms with Gasteiger partial charge in [0, 0.05) is 11.6 Å². The molecule has 1 unspecified atom stereocenters. The maximum Gasteiger partial charge on any atom is 0.0389 e. The van der Waals surface area contributed by atoms with Crippen molar-refractivity contribution in [3.8, 4) is 0 Å². The van der Waals surface area contributed by atoms with Crippen LogP contribution in [0.5, 0.6) is 0 Å². The second kappa shape index (κ2) is 5.68. The van der Waals surface area contributed by atoms with Crippen molar-refractivity contribution in [2.45, 2.75) is 70.4 Å². The van der Waals surface area contributed by atoms with E-state index in [4.69, 9.17) is 5.84 Å². The summed E-state index contributed by atoms with van der Waals surface area (Å²) in [6.45, 7) is 7.20. The molecule has 2 rings (SSSR count). The fourth-order valence-corrected chi connectivity index (χ4v) is 3.14. The predicted molar refractivity (Wildman–Crippen MR) is 72.6 cm³/mol. The van der Waals surface area contributed by atoms with Gasteiger partial charge in [-0.25, -0.2) is 0 Å². The third-order valence-electron chi connectivity index (χ3n) is 4.79. The fraction of sp³-hybridized carbons (Fsp3) is 1.00. The fourth-order valence-electron chi connectivity index (χ4n) is 3.14. The van der Waals surface area contributed by atoms with Gasteiger partial charge in [-0.15, -0.1) is 0 Å². The lowest BCUT2D eigenvalue weighted by molar-refractivity contribution is 0.0571. The third-order valence-corrected chi connectivity index (χ3v) is 4.79. The highest BCUT2D eigenvalue weighted by atomic mass is 15.3. The van der Waals surface area contributed by atoms with E-state index in [1.54, 1.807) is 0 Å². The molecular formula is C14H29N3. The smallest absolute Gasteiger partial charge is 0.0389 e. The van der Waals surface area contributed by atoms with Gasteiger partial charge in [0.1, 0.15) is 0 Å². The minimum atomic E-state index is 0.198. The molecule has 1 aliphatic carbocycles. The van der Waals surface area contributed by atoms with Gasteiger partial charge in [-0.1, -0.05) is 19.3 Å². The first-order valence-corrected chi connectivity index (χ1v) is 7.36. The average Bonchev–Trinajstić information content (AvgIpc) is 3.15. The van der Waals surface area contributed by atoms with Crippen LogP contribution in [0.1, 0.15) is 58.8 Å². The largest absolute Gasteiger partial charge is 0.297 e. The van der Waals surface area contributed by atoms with Gasteiger partial charge in [0.15, 0.2) is 0 Å². The zero-order chi connectivity index (χ0) is 12.3. The summed E-state index contributed by atoms with van der Waals surface area (Å²) in [6, 6.07) is 0.432. The molecule has 3 N–H and O–H groups in total. The summed E-state index contributed by atoms with van der Waals surface area (Å²) in [5.74, 6) is 6.80. The maximum absolute atomic E-state index is 5.80. The lowest BCUT2D eigenvalue weighted by atomic mass is 9.87. The van der Waals surface area contributed by atoms with E-state index in [1.165, 1.54) is 58.0 Å². The number of piperidine rings is 1. The Hall–Kier alpha value is -0.120. The molecule has 0 radical (unpaired) electrons. The number of nitrogens with zero attached hydrogens (tertiary/aromatic N) is 1. The molecule has 3 nitrogen and oxygen atoms in total. The molecule has 1 atom stereocenters. The summed E-state index contributed by atoms with van der Waals surface area (Å²) < 4.78 is 0. The zero-order valence-electron chi connectivity index (χ0n) is 11.5. The van der Waals surface area contributed by atoms with Crippen LogP contribution in [0.4, 0.5) is 0 Å². The van der Waals surface area contributed by atoms with Crippen LogP contribution in [0.15, 0.2) is 0 Å². The predicted octanol–water partition coefficient (Wildman–Crippen LogP) is 2.27. The highest BCUT2D eigenvalue weighted by molar-refractivity contribution is 4.94. The van der Waals surface area contributed by atoms with Crippen molar-refractivity contribution in [3.05, 3.63) is 0 Å². The number of rotatable bonds is 6. The van der Waals surface area contributed by atoms with Crippen LogP contribution in [0.2, 0.25) is 0 Å². The quantitative estimate of drug-likeness (QED) is 0.552. The minimum Gasteiger partial charge on any atom is -0.297 e. The summed E-state index contributed by atoms with van der Waals surface area (Å²) in [7, 11) is 0. The summed E-state index contributed by atoms with van der Waals surface area (Å²) in [5, 5.41) is 0. The topological polar surface area (TPSA) is 41.3 Å². The molecule has 0 spiro atoms. The van der Waals surface area contributed by atoms with E-state index in [-0.39, 0.29) is 5.54 Å². The first kappa shape index (κ1) is 13.3. The summed E-state index contributed by atoms with van der Waals surface area (Å²) in [6.07, 6.45) is 9.57. The van der Waals surface area contributed by atoms with E-state index < -0.39 is 0 Å². The second-order valence-electron chi connectivity index (χ2n) is 6.44. The van der Waals surface area contributed by atoms with Crippen LogP contribution in [0, 0.1) is 5.92 Å². The van der Waals surface area contributed by atoms with E-state index in [0.29, 0.717) is 6.04 Å². The molecule has 2 fully saturated rings. The third kappa shape index (κ3) is 3.43. The van der Waals surface area contributed by atoms with Gasteiger partial charge >= 0.3 is 0 Å². The molecule has 0 aromatic carbocycles. The summed E-state index contributed by atoms with van der Waals surface area (Å²) >= 11 is 0. The molecule has 0 aromatic heterocycles. The van der Waals surface area contributed by atoms with Gasteiger partial charge in [-0.05, 0) is 58.5 Å². The van der Waals surface area contributed by atoms with Gasteiger partial charge in [-0.3, -0.25) is 16.2 Å². The summed E-state index contributed by atoms with van der Waals surface area (Å²) in [5.41, 5.74) is 3.28. The van der Waals surface area contributed by atoms with E-state index in [1.807, 2.05) is 0 Å². The van der Waals surface area contributed by atoms with Gasteiger partial charge in [0.05, 0.1) is 0 Å². The van der Waals surface area contributed by atoms with E-state index in [9.17, 15) is 0 Å². The van der Waals surface area contributed by atoms with Crippen LogP contribution >= 0.6 is 0 Å². The van der Waals surface area contributed by atoms with Gasteiger partial charge < -0.3 is 0 Å². The molecular weight excluding hydrogens is 210 g/mol. The molecule has 1 aliphatic heterocycles. The van der Waals surface area contributed by atoms with Crippen molar-refractivity contribution in [2.24, 2.45) is 11.8 Å². The lowest BCUT2D eigenvalue weighted by Crippen LogP contribution is -2.60. The minimum absolute atomic E-state index is 0.198. The molecule has 0 amide bonds. The van der Waals surface area contributed by atoms with Crippen LogP contribution < -0.4 is 11.3 Å². The van der Waals surface area contributed by atoms with E-state index in [0.717, 1.165) is 5.92 Å². The Balaban J connectivity index is 1.88. The van der Waals surface area contributed by atoms with Crippen molar-refractivity contribution < 1.29 is 0 Å². The van der Waals surface area contributed by atoms with E-state index in [2.05, 4.69) is 24.2 Å². The highest BCUT2D eigenvalue weighted by Crippen LogP contribution is 2.35. The Morgan fingerprint density at radius 1 is 1.24 bits per heavy atom. The zero-order valence-corrected chi connectivity index (χ0v) is 11.5. The molecule has 0 bridgehead atoms. The second-order valence-corrected chi connectivity index (χ2v) is 6.44. The van der Waals surface area contributed by atoms with Crippen molar-refractivity contribution in [1.82, 2.24) is 10.3 Å². The standard InChI is InChI=1S/C14H29N3/c1-14(2,17-10-4-3-5-11-17)13(16-15)9-8-12-6-7-12/h12-13,16H,3-11,15H2,1-2H3. The van der Waals surface area contributed by atoms with E-state index >= 15 is 0 Å². The van der Waals surface area contributed by atoms with Crippen molar-refractivity contribution >= 4 is 0 Å². The molecule has 17 heavy (non-hydrogen) atoms. The average molecular weight is 239 g/mol. The molecule has 2 aliphatic rings. The normalized spacial score (nSPS) is 24.9. The van der Waals surface area contributed by atoms with Gasteiger partial charge in [0.2, 0.25) is 0 Å². The van der Waals surface area contributed by atoms with Crippen LogP contribution in [0.3, 0.4) is 0 Å². The number of likely N-dealkylation sites (tertiary alicyclic amines) is 1. The number of hydrazine groups is 1. The number of nitrogens with two attached hydrogens (primary N) is 1. The van der Waals surface area contributed by atoms with Crippen molar-refractivity contribution in [1.29, 1.82) is 0 Å². The Kier molecular flexibility index (Phi) is 4.45. The SMILES string of the molecule is CC(C)(C(CCC1CC1)NN)N1CCCCC1. The molecule has 1 saturated heterocycles. The Bertz CT molecular complexity index is 230. The first-order valence-electron chi connectivity index (χ1n) is 7.36. The summed E-state index contributed by atoms with van der Waals surface area (Å²) in [4.78, 5) is 2.63. The van der Waals surface area contributed by atoms with Gasteiger partial charge in [-0.2, -0.15) is 0 Å². The molecule has 0 aromatic rings. The molecule has 3 heteroatoms. The Morgan fingerprint density at radius 3 is 2.41 bits per heavy atom. The maximum atomic E-state index is 5.80. The van der Waals surface area contributed by atoms with Crippen LogP contribution in [-0.4, -0.2) is 29.6 Å². The monoisotopic (exact) mass is 239 g/mol. The highest BCUT2D eigenvalue weighted by Gasteiger charge is 2.36. The lowest BCUT2D eigenvalue weighted by Gasteiger charge is -2.46. The van der Waals surface area contributed by atoms with Crippen LogP contribution in [0.25, 0.3) is 0 Å².